The van der Waals surface area contributed by atoms with Crippen LogP contribution in [0.15, 0.2) is 71.9 Å². The van der Waals surface area contributed by atoms with E-state index in [2.05, 4.69) is 22.0 Å². The van der Waals surface area contributed by atoms with E-state index in [1.807, 2.05) is 18.2 Å². The van der Waals surface area contributed by atoms with Gasteiger partial charge in [-0.15, -0.1) is 0 Å². The predicted octanol–water partition coefficient (Wildman–Crippen LogP) is 3.60. The highest BCUT2D eigenvalue weighted by Gasteiger charge is 2.34. The molecule has 0 aromatic heterocycles. The quantitative estimate of drug-likeness (QED) is 0.377. The Labute approximate surface area is 234 Å². The molecule has 1 unspecified atom stereocenters. The topological polar surface area (TPSA) is 148 Å². The third-order valence-corrected chi connectivity index (χ3v) is 6.87. The van der Waals surface area contributed by atoms with E-state index < -0.39 is 18.0 Å². The third kappa shape index (κ3) is 5.49. The van der Waals surface area contributed by atoms with Gasteiger partial charge in [0, 0.05) is 5.70 Å². The number of carbonyl (C=O) groups is 3. The van der Waals surface area contributed by atoms with Crippen LogP contribution in [-0.4, -0.2) is 31.3 Å². The van der Waals surface area contributed by atoms with Crippen LogP contribution < -0.4 is 30.2 Å². The van der Waals surface area contributed by atoms with Gasteiger partial charge >= 0.3 is 12.0 Å². The largest absolute Gasteiger partial charge is 0.482 e. The number of hydrogen-bond donors (Lipinski definition) is 3. The van der Waals surface area contributed by atoms with E-state index in [0.29, 0.717) is 58.2 Å². The SMILES string of the molecule is N#Cc1cccc(COC(=O)C2=C(CCc3ccc4c(c3)OCO4)NC(=O)NC2c2ccc3c(c2)NC(=O)CO3)c1. The molecular formula is C30H24N4O7. The molecule has 11 nitrogen and oxygen atoms in total. The number of ether oxygens (including phenoxy) is 4. The number of nitrogens with one attached hydrogen (secondary N) is 3. The highest BCUT2D eigenvalue weighted by atomic mass is 16.7. The van der Waals surface area contributed by atoms with Gasteiger partial charge in [-0.3, -0.25) is 4.79 Å². The van der Waals surface area contributed by atoms with E-state index in [9.17, 15) is 19.6 Å². The first kappa shape index (κ1) is 25.8. The van der Waals surface area contributed by atoms with Gasteiger partial charge in [-0.25, -0.2) is 9.59 Å². The van der Waals surface area contributed by atoms with Gasteiger partial charge in [0.05, 0.1) is 28.9 Å². The molecule has 1 atom stereocenters. The van der Waals surface area contributed by atoms with Crippen molar-refractivity contribution in [2.75, 3.05) is 18.7 Å². The van der Waals surface area contributed by atoms with E-state index in [1.165, 1.54) is 0 Å². The normalized spacial score (nSPS) is 16.9. The highest BCUT2D eigenvalue weighted by molar-refractivity contribution is 5.97. The Bertz CT molecular complexity index is 1640. The van der Waals surface area contributed by atoms with Crippen LogP contribution in [0, 0.1) is 11.3 Å². The minimum absolute atomic E-state index is 0.0674. The number of nitriles is 1. The second-order valence-electron chi connectivity index (χ2n) is 9.59. The number of carbonyl (C=O) groups excluding carboxylic acids is 3. The van der Waals surface area contributed by atoms with Crippen LogP contribution in [0.3, 0.4) is 0 Å². The van der Waals surface area contributed by atoms with Crippen molar-refractivity contribution in [3.63, 3.8) is 0 Å². The number of benzene rings is 3. The van der Waals surface area contributed by atoms with Gasteiger partial charge in [-0.05, 0) is 65.9 Å². The summed E-state index contributed by atoms with van der Waals surface area (Å²) >= 11 is 0. The Morgan fingerprint density at radius 3 is 2.66 bits per heavy atom. The fraction of sp³-hybridized carbons (Fsp3) is 0.200. The molecule has 0 bridgehead atoms. The summed E-state index contributed by atoms with van der Waals surface area (Å²) in [4.78, 5) is 38.4. The monoisotopic (exact) mass is 552 g/mol. The number of allylic oxidation sites excluding steroid dienone is 1. The Morgan fingerprint density at radius 2 is 1.78 bits per heavy atom. The number of aryl methyl sites for hydroxylation is 1. The molecule has 0 aliphatic carbocycles. The Kier molecular flexibility index (Phi) is 6.87. The van der Waals surface area contributed by atoms with E-state index in [1.54, 1.807) is 42.5 Å². The lowest BCUT2D eigenvalue weighted by molar-refractivity contribution is -0.140. The first-order valence-electron chi connectivity index (χ1n) is 12.9. The predicted molar refractivity (Wildman–Crippen MR) is 144 cm³/mol. The van der Waals surface area contributed by atoms with Crippen molar-refractivity contribution in [1.29, 1.82) is 5.26 Å². The second-order valence-corrected chi connectivity index (χ2v) is 9.59. The van der Waals surface area contributed by atoms with Crippen molar-refractivity contribution < 1.29 is 33.3 Å². The zero-order valence-corrected chi connectivity index (χ0v) is 21.7. The fourth-order valence-corrected chi connectivity index (χ4v) is 4.91. The summed E-state index contributed by atoms with van der Waals surface area (Å²) in [5, 5.41) is 17.6. The molecule has 6 rings (SSSR count). The van der Waals surface area contributed by atoms with Crippen LogP contribution in [0.25, 0.3) is 0 Å². The number of amides is 3. The molecule has 3 heterocycles. The Morgan fingerprint density at radius 1 is 0.927 bits per heavy atom. The van der Waals surface area contributed by atoms with Gasteiger partial charge in [0.15, 0.2) is 18.1 Å². The first-order valence-corrected chi connectivity index (χ1v) is 12.9. The van der Waals surface area contributed by atoms with Crippen molar-refractivity contribution >= 4 is 23.6 Å². The third-order valence-electron chi connectivity index (χ3n) is 6.87. The molecule has 3 aromatic carbocycles. The maximum Gasteiger partial charge on any atom is 0.338 e. The Hall–Kier alpha value is -5.50. The molecule has 0 fully saturated rings. The van der Waals surface area contributed by atoms with Crippen molar-refractivity contribution in [3.05, 3.63) is 94.2 Å². The van der Waals surface area contributed by atoms with Crippen molar-refractivity contribution in [2.45, 2.75) is 25.5 Å². The molecule has 206 valence electrons. The average Bonchev–Trinajstić information content (AvgIpc) is 3.46. The van der Waals surface area contributed by atoms with Crippen LogP contribution >= 0.6 is 0 Å². The summed E-state index contributed by atoms with van der Waals surface area (Å²) in [5.74, 6) is 0.853. The van der Waals surface area contributed by atoms with Gasteiger partial charge in [-0.1, -0.05) is 24.3 Å². The molecule has 41 heavy (non-hydrogen) atoms. The van der Waals surface area contributed by atoms with Crippen LogP contribution in [-0.2, 0) is 27.4 Å². The standard InChI is InChI=1S/C30H24N4O7/c31-13-18-2-1-3-19(10-18)14-39-29(36)27-21(7-4-17-5-8-24-25(11-17)41-16-40-24)33-30(37)34-28(27)20-6-9-23-22(12-20)32-26(35)15-38-23/h1-3,5-6,8-12,28H,4,7,14-16H2,(H,32,35)(H2,33,34,37). The molecule has 3 amide bonds. The average molecular weight is 553 g/mol. The number of esters is 1. The van der Waals surface area contributed by atoms with Crippen LogP contribution in [0.5, 0.6) is 17.2 Å². The van der Waals surface area contributed by atoms with Gasteiger partial charge in [0.25, 0.3) is 5.91 Å². The maximum absolute atomic E-state index is 13.7. The molecular weight excluding hydrogens is 528 g/mol. The minimum atomic E-state index is -0.863. The molecule has 0 spiro atoms. The number of anilines is 1. The summed E-state index contributed by atoms with van der Waals surface area (Å²) < 4.78 is 22.0. The second kappa shape index (κ2) is 10.9. The highest BCUT2D eigenvalue weighted by Crippen LogP contribution is 2.36. The molecule has 3 aromatic rings. The summed E-state index contributed by atoms with van der Waals surface area (Å²) in [6, 6.07) is 18.2. The van der Waals surface area contributed by atoms with Crippen molar-refractivity contribution in [1.82, 2.24) is 10.6 Å². The van der Waals surface area contributed by atoms with E-state index in [-0.39, 0.29) is 31.5 Å². The summed E-state index contributed by atoms with van der Waals surface area (Å²) in [6.07, 6.45) is 0.816. The maximum atomic E-state index is 13.7. The molecule has 11 heteroatoms. The lowest BCUT2D eigenvalue weighted by Gasteiger charge is -2.30. The zero-order valence-electron chi connectivity index (χ0n) is 21.7. The van der Waals surface area contributed by atoms with Gasteiger partial charge in [0.2, 0.25) is 6.79 Å². The zero-order chi connectivity index (χ0) is 28.3. The summed E-state index contributed by atoms with van der Waals surface area (Å²) in [5.41, 5.74) is 3.66. The molecule has 3 N–H and O–H groups in total. The number of nitrogens with zero attached hydrogens (tertiary/aromatic N) is 1. The van der Waals surface area contributed by atoms with Crippen molar-refractivity contribution in [2.24, 2.45) is 0 Å². The van der Waals surface area contributed by atoms with E-state index in [4.69, 9.17) is 18.9 Å². The minimum Gasteiger partial charge on any atom is -0.482 e. The van der Waals surface area contributed by atoms with Crippen LogP contribution in [0.4, 0.5) is 10.5 Å². The van der Waals surface area contributed by atoms with Crippen LogP contribution in [0.1, 0.15) is 34.7 Å². The Balaban J connectivity index is 1.32. The number of fused-ring (bicyclic) bond motifs is 2. The van der Waals surface area contributed by atoms with Gasteiger partial charge < -0.3 is 34.9 Å². The first-order chi connectivity index (χ1) is 20.0. The lowest BCUT2D eigenvalue weighted by atomic mass is 9.92. The van der Waals surface area contributed by atoms with E-state index >= 15 is 0 Å². The molecule has 3 aliphatic rings. The smallest absolute Gasteiger partial charge is 0.338 e. The molecule has 0 saturated carbocycles. The van der Waals surface area contributed by atoms with Crippen molar-refractivity contribution in [3.8, 4) is 23.3 Å². The number of hydrogen-bond acceptors (Lipinski definition) is 8. The van der Waals surface area contributed by atoms with Gasteiger partial charge in [0.1, 0.15) is 12.4 Å². The molecule has 0 radical (unpaired) electrons. The summed E-state index contributed by atoms with van der Waals surface area (Å²) in [6.45, 7) is -0.000153. The number of urea groups is 1. The van der Waals surface area contributed by atoms with E-state index in [0.717, 1.165) is 5.56 Å². The molecule has 0 saturated heterocycles. The lowest BCUT2D eigenvalue weighted by Crippen LogP contribution is -2.46. The summed E-state index contributed by atoms with van der Waals surface area (Å²) in [7, 11) is 0. The van der Waals surface area contributed by atoms with Crippen LogP contribution in [0.2, 0.25) is 0 Å². The number of rotatable bonds is 7. The fourth-order valence-electron chi connectivity index (χ4n) is 4.91. The van der Waals surface area contributed by atoms with Gasteiger partial charge in [-0.2, -0.15) is 5.26 Å². The molecule has 3 aliphatic heterocycles.